The molecule has 3 aromatic rings. The van der Waals surface area contributed by atoms with Gasteiger partial charge in [-0.3, -0.25) is 0 Å². The molecule has 1 aromatic carbocycles. The summed E-state index contributed by atoms with van der Waals surface area (Å²) in [7, 11) is 0. The fourth-order valence-electron chi connectivity index (χ4n) is 2.82. The van der Waals surface area contributed by atoms with Crippen LogP contribution in [0.3, 0.4) is 0 Å². The molecule has 2 aromatic heterocycles. The van der Waals surface area contributed by atoms with Crippen LogP contribution in [0.25, 0.3) is 0 Å². The molecule has 2 N–H and O–H groups in total. The Bertz CT molecular complexity index is 818. The van der Waals surface area contributed by atoms with E-state index in [2.05, 4.69) is 53.5 Å². The normalized spacial score (nSPS) is 10.7. The van der Waals surface area contributed by atoms with Gasteiger partial charge in [0.15, 0.2) is 0 Å². The summed E-state index contributed by atoms with van der Waals surface area (Å²) in [6.45, 7) is 8.79. The van der Waals surface area contributed by atoms with Crippen molar-refractivity contribution in [2.45, 2.75) is 34.2 Å². The third-order valence-corrected chi connectivity index (χ3v) is 3.79. The molecule has 124 valence electrons. The van der Waals surface area contributed by atoms with Crippen molar-refractivity contribution in [3.8, 4) is 0 Å². The molecule has 5 nitrogen and oxygen atoms in total. The van der Waals surface area contributed by atoms with E-state index in [0.29, 0.717) is 12.4 Å². The highest BCUT2D eigenvalue weighted by atomic mass is 16.3. The zero-order valence-corrected chi connectivity index (χ0v) is 14.5. The molecule has 0 radical (unpaired) electrons. The van der Waals surface area contributed by atoms with Gasteiger partial charge in [0, 0.05) is 11.8 Å². The standard InChI is InChI=1S/C19H22N4O/c1-12-8-13(2)19(14(3)9-12)23-18-10-17(21-15(4)22-18)20-11-16-6-5-7-24-16/h5-10H,11H2,1-4H3,(H2,20,21,22,23). The Morgan fingerprint density at radius 2 is 1.67 bits per heavy atom. The Kier molecular flexibility index (Phi) is 4.51. The molecule has 0 aliphatic heterocycles. The summed E-state index contributed by atoms with van der Waals surface area (Å²) in [5, 5.41) is 6.70. The number of aryl methyl sites for hydroxylation is 4. The summed E-state index contributed by atoms with van der Waals surface area (Å²) >= 11 is 0. The highest BCUT2D eigenvalue weighted by Crippen LogP contribution is 2.26. The molecule has 0 saturated heterocycles. The Labute approximate surface area is 142 Å². The van der Waals surface area contributed by atoms with Crippen LogP contribution in [-0.2, 0) is 6.54 Å². The van der Waals surface area contributed by atoms with E-state index < -0.39 is 0 Å². The number of aromatic nitrogens is 2. The first-order chi connectivity index (χ1) is 11.5. The van der Waals surface area contributed by atoms with Crippen molar-refractivity contribution in [2.24, 2.45) is 0 Å². The Balaban J connectivity index is 1.81. The van der Waals surface area contributed by atoms with Crippen LogP contribution in [0.5, 0.6) is 0 Å². The fraction of sp³-hybridized carbons (Fsp3) is 0.263. The zero-order valence-electron chi connectivity index (χ0n) is 14.5. The molecule has 0 atom stereocenters. The van der Waals surface area contributed by atoms with Gasteiger partial charge < -0.3 is 15.1 Å². The van der Waals surface area contributed by atoms with E-state index in [-0.39, 0.29) is 0 Å². The van der Waals surface area contributed by atoms with Gasteiger partial charge in [-0.2, -0.15) is 0 Å². The van der Waals surface area contributed by atoms with Crippen molar-refractivity contribution in [3.05, 3.63) is 64.9 Å². The fourth-order valence-corrected chi connectivity index (χ4v) is 2.82. The molecule has 0 aliphatic carbocycles. The Morgan fingerprint density at radius 1 is 0.958 bits per heavy atom. The smallest absolute Gasteiger partial charge is 0.136 e. The summed E-state index contributed by atoms with van der Waals surface area (Å²) in [5.41, 5.74) is 4.76. The molecule has 0 spiro atoms. The molecule has 3 rings (SSSR count). The maximum Gasteiger partial charge on any atom is 0.136 e. The number of rotatable bonds is 5. The summed E-state index contributed by atoms with van der Waals surface area (Å²) in [6.07, 6.45) is 1.66. The van der Waals surface area contributed by atoms with Gasteiger partial charge in [0.25, 0.3) is 0 Å². The van der Waals surface area contributed by atoms with Crippen LogP contribution >= 0.6 is 0 Å². The molecular weight excluding hydrogens is 300 g/mol. The monoisotopic (exact) mass is 322 g/mol. The van der Waals surface area contributed by atoms with Gasteiger partial charge >= 0.3 is 0 Å². The molecule has 0 aliphatic rings. The van der Waals surface area contributed by atoms with Crippen LogP contribution in [0.15, 0.2) is 41.0 Å². The van der Waals surface area contributed by atoms with Gasteiger partial charge in [-0.05, 0) is 51.0 Å². The van der Waals surface area contributed by atoms with Crippen LogP contribution in [-0.4, -0.2) is 9.97 Å². The van der Waals surface area contributed by atoms with Crippen LogP contribution < -0.4 is 10.6 Å². The predicted molar refractivity (Wildman–Crippen MR) is 96.7 cm³/mol. The first-order valence-electron chi connectivity index (χ1n) is 7.98. The average Bonchev–Trinajstić information content (AvgIpc) is 3.02. The molecular formula is C19H22N4O. The van der Waals surface area contributed by atoms with E-state index in [9.17, 15) is 0 Å². The van der Waals surface area contributed by atoms with Crippen molar-refractivity contribution in [2.75, 3.05) is 10.6 Å². The topological polar surface area (TPSA) is 63.0 Å². The van der Waals surface area contributed by atoms with Crippen LogP contribution in [0.4, 0.5) is 17.3 Å². The lowest BCUT2D eigenvalue weighted by molar-refractivity contribution is 0.518. The first-order valence-corrected chi connectivity index (χ1v) is 7.98. The van der Waals surface area contributed by atoms with Crippen LogP contribution in [0.1, 0.15) is 28.3 Å². The highest BCUT2D eigenvalue weighted by Gasteiger charge is 2.08. The lowest BCUT2D eigenvalue weighted by Gasteiger charge is -2.14. The van der Waals surface area contributed by atoms with Gasteiger partial charge in [0.2, 0.25) is 0 Å². The number of furan rings is 1. The third kappa shape index (κ3) is 3.74. The van der Waals surface area contributed by atoms with E-state index in [1.165, 1.54) is 16.7 Å². The molecule has 5 heteroatoms. The molecule has 24 heavy (non-hydrogen) atoms. The lowest BCUT2D eigenvalue weighted by atomic mass is 10.1. The molecule has 2 heterocycles. The molecule has 0 fully saturated rings. The minimum absolute atomic E-state index is 0.589. The van der Waals surface area contributed by atoms with Crippen LogP contribution in [0, 0.1) is 27.7 Å². The van der Waals surface area contributed by atoms with Crippen molar-refractivity contribution >= 4 is 17.3 Å². The first kappa shape index (κ1) is 16.1. The van der Waals surface area contributed by atoms with E-state index in [1.54, 1.807) is 6.26 Å². The number of hydrogen-bond acceptors (Lipinski definition) is 5. The van der Waals surface area contributed by atoms with Gasteiger partial charge in [0.1, 0.15) is 23.2 Å². The zero-order chi connectivity index (χ0) is 17.1. The second kappa shape index (κ2) is 6.74. The van der Waals surface area contributed by atoms with E-state index in [4.69, 9.17) is 4.42 Å². The van der Waals surface area contributed by atoms with Gasteiger partial charge in [0.05, 0.1) is 12.8 Å². The molecule has 0 saturated carbocycles. The summed E-state index contributed by atoms with van der Waals surface area (Å²) in [6, 6.07) is 10.0. The SMILES string of the molecule is Cc1cc(C)c(Nc2cc(NCc3ccco3)nc(C)n2)c(C)c1. The minimum atomic E-state index is 0.589. The van der Waals surface area contributed by atoms with E-state index in [0.717, 1.165) is 23.1 Å². The Hall–Kier alpha value is -2.82. The molecule has 0 unspecified atom stereocenters. The number of nitrogens with zero attached hydrogens (tertiary/aromatic N) is 2. The van der Waals surface area contributed by atoms with E-state index in [1.807, 2.05) is 25.1 Å². The maximum atomic E-state index is 5.33. The number of anilines is 3. The summed E-state index contributed by atoms with van der Waals surface area (Å²) in [5.74, 6) is 3.12. The van der Waals surface area contributed by atoms with Gasteiger partial charge in [-0.1, -0.05) is 17.7 Å². The molecule has 0 bridgehead atoms. The minimum Gasteiger partial charge on any atom is -0.467 e. The Morgan fingerprint density at radius 3 is 2.33 bits per heavy atom. The van der Waals surface area contributed by atoms with Crippen molar-refractivity contribution in [3.63, 3.8) is 0 Å². The predicted octanol–water partition coefficient (Wildman–Crippen LogP) is 4.66. The van der Waals surface area contributed by atoms with E-state index >= 15 is 0 Å². The van der Waals surface area contributed by atoms with Crippen LogP contribution in [0.2, 0.25) is 0 Å². The largest absolute Gasteiger partial charge is 0.467 e. The van der Waals surface area contributed by atoms with Crippen molar-refractivity contribution in [1.29, 1.82) is 0 Å². The number of hydrogen-bond donors (Lipinski definition) is 2. The summed E-state index contributed by atoms with van der Waals surface area (Å²) < 4.78 is 5.33. The second-order valence-electron chi connectivity index (χ2n) is 6.02. The highest BCUT2D eigenvalue weighted by molar-refractivity contribution is 5.66. The number of benzene rings is 1. The lowest BCUT2D eigenvalue weighted by Crippen LogP contribution is -2.05. The maximum absolute atomic E-state index is 5.33. The second-order valence-corrected chi connectivity index (χ2v) is 6.02. The average molecular weight is 322 g/mol. The number of nitrogens with one attached hydrogen (secondary N) is 2. The van der Waals surface area contributed by atoms with Crippen molar-refractivity contribution < 1.29 is 4.42 Å². The third-order valence-electron chi connectivity index (χ3n) is 3.79. The summed E-state index contributed by atoms with van der Waals surface area (Å²) in [4.78, 5) is 8.92. The van der Waals surface area contributed by atoms with Gasteiger partial charge in [-0.15, -0.1) is 0 Å². The van der Waals surface area contributed by atoms with Gasteiger partial charge in [-0.25, -0.2) is 9.97 Å². The molecule has 0 amide bonds. The quantitative estimate of drug-likeness (QED) is 0.715. The van der Waals surface area contributed by atoms with Crippen molar-refractivity contribution in [1.82, 2.24) is 9.97 Å².